The van der Waals surface area contributed by atoms with Crippen LogP contribution in [0.1, 0.15) is 5.69 Å². The van der Waals surface area contributed by atoms with Crippen LogP contribution >= 0.6 is 15.9 Å². The van der Waals surface area contributed by atoms with Crippen molar-refractivity contribution in [2.24, 2.45) is 10.7 Å². The Kier molecular flexibility index (Phi) is 2.86. The van der Waals surface area contributed by atoms with E-state index in [9.17, 15) is 0 Å². The fourth-order valence-electron chi connectivity index (χ4n) is 1.11. The smallest absolute Gasteiger partial charge is 0.199 e. The number of hydrogen-bond acceptors (Lipinski definition) is 5. The molecular weight excluding hydrogens is 274 g/mol. The Morgan fingerprint density at radius 2 is 2.19 bits per heavy atom. The minimum absolute atomic E-state index is 0.122. The van der Waals surface area contributed by atoms with Gasteiger partial charge >= 0.3 is 0 Å². The molecule has 2 rings (SSSR count). The number of nitrogens with two attached hydrogens (primary N) is 2. The number of amidine groups is 1. The summed E-state index contributed by atoms with van der Waals surface area (Å²) in [5, 5.41) is 6.97. The molecule has 0 atom stereocenters. The second kappa shape index (κ2) is 4.31. The number of hydrogen-bond donors (Lipinski definition) is 2. The average Bonchev–Trinajstić information content (AvgIpc) is 2.64. The van der Waals surface area contributed by atoms with Crippen molar-refractivity contribution >= 4 is 33.3 Å². The molecule has 0 amide bonds. The van der Waals surface area contributed by atoms with Crippen molar-refractivity contribution in [1.82, 2.24) is 10.3 Å². The fraction of sp³-hybridized carbons (Fsp3) is 0. The molecule has 7 heteroatoms. The van der Waals surface area contributed by atoms with Crippen molar-refractivity contribution in [3.63, 3.8) is 0 Å². The molecule has 0 saturated carbocycles. The maximum Gasteiger partial charge on any atom is 0.199 e. The average molecular weight is 282 g/mol. The van der Waals surface area contributed by atoms with Gasteiger partial charge in [-0.2, -0.15) is 0 Å². The second-order valence-electron chi connectivity index (χ2n) is 2.97. The molecule has 0 spiro atoms. The van der Waals surface area contributed by atoms with Crippen LogP contribution in [0.4, 0.5) is 11.5 Å². The highest BCUT2D eigenvalue weighted by molar-refractivity contribution is 9.10. The first-order chi connectivity index (χ1) is 7.66. The number of anilines is 1. The van der Waals surface area contributed by atoms with Crippen molar-refractivity contribution in [2.75, 3.05) is 5.73 Å². The third-order valence-electron chi connectivity index (χ3n) is 1.81. The molecule has 1 aromatic carbocycles. The standard InChI is InChI=1S/C9H8BrN5O/c10-5-2-1-3-6(4-5)13-8(11)7-9(12)15-16-14-7/h1-4H,(H2,11,13)(H2,12,15). The normalized spacial score (nSPS) is 11.7. The van der Waals surface area contributed by atoms with E-state index in [-0.39, 0.29) is 17.3 Å². The van der Waals surface area contributed by atoms with Gasteiger partial charge in [0.1, 0.15) is 0 Å². The van der Waals surface area contributed by atoms with Crippen LogP contribution < -0.4 is 11.5 Å². The van der Waals surface area contributed by atoms with Crippen molar-refractivity contribution < 1.29 is 4.63 Å². The summed E-state index contributed by atoms with van der Waals surface area (Å²) in [6.45, 7) is 0. The van der Waals surface area contributed by atoms with E-state index >= 15 is 0 Å². The van der Waals surface area contributed by atoms with Crippen LogP contribution in [0, 0.1) is 0 Å². The summed E-state index contributed by atoms with van der Waals surface area (Å²) >= 11 is 3.33. The fourth-order valence-corrected chi connectivity index (χ4v) is 1.50. The zero-order chi connectivity index (χ0) is 11.5. The lowest BCUT2D eigenvalue weighted by Crippen LogP contribution is -2.15. The lowest BCUT2D eigenvalue weighted by atomic mass is 10.3. The molecule has 0 fully saturated rings. The molecule has 4 N–H and O–H groups in total. The molecule has 0 radical (unpaired) electrons. The van der Waals surface area contributed by atoms with E-state index in [0.29, 0.717) is 5.69 Å². The Morgan fingerprint density at radius 1 is 1.38 bits per heavy atom. The van der Waals surface area contributed by atoms with E-state index in [1.165, 1.54) is 0 Å². The third kappa shape index (κ3) is 2.19. The molecular formula is C9H8BrN5O. The van der Waals surface area contributed by atoms with E-state index in [0.717, 1.165) is 4.47 Å². The van der Waals surface area contributed by atoms with Gasteiger partial charge in [-0.3, -0.25) is 0 Å². The molecule has 0 unspecified atom stereocenters. The second-order valence-corrected chi connectivity index (χ2v) is 3.89. The van der Waals surface area contributed by atoms with Crippen molar-refractivity contribution in [1.29, 1.82) is 0 Å². The van der Waals surface area contributed by atoms with Gasteiger partial charge in [0.2, 0.25) is 0 Å². The van der Waals surface area contributed by atoms with Gasteiger partial charge in [-0.25, -0.2) is 9.62 Å². The van der Waals surface area contributed by atoms with Gasteiger partial charge < -0.3 is 11.5 Å². The number of benzene rings is 1. The van der Waals surface area contributed by atoms with Crippen molar-refractivity contribution in [3.05, 3.63) is 34.4 Å². The lowest BCUT2D eigenvalue weighted by Gasteiger charge is -1.97. The highest BCUT2D eigenvalue weighted by atomic mass is 79.9. The van der Waals surface area contributed by atoms with E-state index in [1.807, 2.05) is 18.2 Å². The van der Waals surface area contributed by atoms with Gasteiger partial charge in [-0.1, -0.05) is 22.0 Å². The summed E-state index contributed by atoms with van der Waals surface area (Å²) < 4.78 is 5.34. The maximum atomic E-state index is 5.71. The number of nitrogens with zero attached hydrogens (tertiary/aromatic N) is 3. The first-order valence-electron chi connectivity index (χ1n) is 4.35. The van der Waals surface area contributed by atoms with Crippen LogP contribution in [-0.4, -0.2) is 16.1 Å². The van der Waals surface area contributed by atoms with Crippen LogP contribution in [0.25, 0.3) is 0 Å². The Balaban J connectivity index is 2.35. The van der Waals surface area contributed by atoms with Gasteiger partial charge in [0, 0.05) is 4.47 Å². The summed E-state index contributed by atoms with van der Waals surface area (Å²) in [5.74, 6) is 0.285. The minimum Gasteiger partial charge on any atom is -0.382 e. The molecule has 2 aromatic rings. The van der Waals surface area contributed by atoms with Crippen LogP contribution in [0.2, 0.25) is 0 Å². The van der Waals surface area contributed by atoms with Gasteiger partial charge in [0.05, 0.1) is 5.69 Å². The Labute approximate surface area is 99.4 Å². The summed E-state index contributed by atoms with van der Waals surface area (Å²) in [7, 11) is 0. The monoisotopic (exact) mass is 281 g/mol. The first kappa shape index (κ1) is 10.6. The molecule has 0 saturated heterocycles. The first-order valence-corrected chi connectivity index (χ1v) is 5.14. The molecule has 0 bridgehead atoms. The van der Waals surface area contributed by atoms with Crippen molar-refractivity contribution in [2.45, 2.75) is 0 Å². The van der Waals surface area contributed by atoms with Crippen LogP contribution in [0.5, 0.6) is 0 Å². The number of halogens is 1. The zero-order valence-electron chi connectivity index (χ0n) is 8.09. The van der Waals surface area contributed by atoms with Gasteiger partial charge in [-0.05, 0) is 28.5 Å². The topological polar surface area (TPSA) is 103 Å². The largest absolute Gasteiger partial charge is 0.382 e. The quantitative estimate of drug-likeness (QED) is 0.641. The molecule has 6 nitrogen and oxygen atoms in total. The zero-order valence-corrected chi connectivity index (χ0v) is 9.68. The van der Waals surface area contributed by atoms with Gasteiger partial charge in [0.15, 0.2) is 17.3 Å². The molecule has 0 aliphatic carbocycles. The molecule has 0 aliphatic rings. The third-order valence-corrected chi connectivity index (χ3v) is 2.31. The summed E-state index contributed by atoms with van der Waals surface area (Å²) in [6.07, 6.45) is 0. The summed E-state index contributed by atoms with van der Waals surface area (Å²) in [4.78, 5) is 4.15. The van der Waals surface area contributed by atoms with Crippen LogP contribution in [0.15, 0.2) is 38.4 Å². The molecule has 1 aromatic heterocycles. The molecule has 0 aliphatic heterocycles. The van der Waals surface area contributed by atoms with E-state index in [4.69, 9.17) is 11.5 Å². The van der Waals surface area contributed by atoms with E-state index < -0.39 is 0 Å². The highest BCUT2D eigenvalue weighted by Crippen LogP contribution is 2.19. The Morgan fingerprint density at radius 3 is 2.81 bits per heavy atom. The molecule has 1 heterocycles. The van der Waals surface area contributed by atoms with Crippen molar-refractivity contribution in [3.8, 4) is 0 Å². The Hall–Kier alpha value is -1.89. The SMILES string of the molecule is NC(=Nc1cccc(Br)c1)c1nonc1N. The van der Waals surface area contributed by atoms with Gasteiger partial charge in [0.25, 0.3) is 0 Å². The summed E-state index contributed by atoms with van der Waals surface area (Å²) in [5.41, 5.74) is 12.1. The maximum absolute atomic E-state index is 5.71. The molecule has 16 heavy (non-hydrogen) atoms. The summed E-state index contributed by atoms with van der Waals surface area (Å²) in [6, 6.07) is 7.36. The predicted octanol–water partition coefficient (Wildman–Crippen LogP) is 1.45. The lowest BCUT2D eigenvalue weighted by molar-refractivity contribution is 0.308. The Bertz CT molecular complexity index is 536. The van der Waals surface area contributed by atoms with E-state index in [2.05, 4.69) is 35.9 Å². The van der Waals surface area contributed by atoms with Gasteiger partial charge in [-0.15, -0.1) is 0 Å². The van der Waals surface area contributed by atoms with E-state index in [1.54, 1.807) is 6.07 Å². The number of nitrogen functional groups attached to an aromatic ring is 1. The minimum atomic E-state index is 0.122. The molecule has 82 valence electrons. The highest BCUT2D eigenvalue weighted by Gasteiger charge is 2.10. The van der Waals surface area contributed by atoms with Crippen LogP contribution in [-0.2, 0) is 0 Å². The number of rotatable bonds is 2. The number of aliphatic imine (C=N–C) groups is 1. The predicted molar refractivity (Wildman–Crippen MR) is 63.2 cm³/mol. The number of aromatic nitrogens is 2. The van der Waals surface area contributed by atoms with Crippen LogP contribution in [0.3, 0.4) is 0 Å².